The van der Waals surface area contributed by atoms with Gasteiger partial charge in [-0.15, -0.1) is 0 Å². The van der Waals surface area contributed by atoms with E-state index < -0.39 is 12.0 Å². The van der Waals surface area contributed by atoms with Crippen LogP contribution in [0.15, 0.2) is 24.3 Å². The van der Waals surface area contributed by atoms with E-state index in [1.807, 2.05) is 31.2 Å². The number of aliphatic carboxylic acids is 1. The molecule has 0 radical (unpaired) electrons. The van der Waals surface area contributed by atoms with Gasteiger partial charge in [0.1, 0.15) is 12.6 Å². The number of nitrogens with zero attached hydrogens (tertiary/aromatic N) is 1. The number of carbonyl (C=O) groups is 2. The molecule has 1 rings (SSSR count). The Morgan fingerprint density at radius 3 is 2.43 bits per heavy atom. The summed E-state index contributed by atoms with van der Waals surface area (Å²) >= 11 is 0. The van der Waals surface area contributed by atoms with Gasteiger partial charge in [-0.05, 0) is 32.4 Å². The molecule has 0 aromatic heterocycles. The lowest BCUT2D eigenvalue weighted by Crippen LogP contribution is -2.47. The number of carboxylic acids is 1. The van der Waals surface area contributed by atoms with Crippen molar-refractivity contribution in [1.29, 1.82) is 0 Å². The van der Waals surface area contributed by atoms with Gasteiger partial charge in [0, 0.05) is 12.2 Å². The van der Waals surface area contributed by atoms with Crippen LogP contribution in [0.25, 0.3) is 0 Å². The lowest BCUT2D eigenvalue weighted by Gasteiger charge is -2.29. The number of carbonyl (C=O) groups excluding carboxylic acids is 1. The monoisotopic (exact) mass is 292 g/mol. The van der Waals surface area contributed by atoms with E-state index >= 15 is 0 Å². The molecule has 5 nitrogen and oxygen atoms in total. The molecule has 1 unspecified atom stereocenters. The number of benzene rings is 1. The van der Waals surface area contributed by atoms with Crippen molar-refractivity contribution in [2.75, 3.05) is 18.0 Å². The van der Waals surface area contributed by atoms with Crippen LogP contribution in [0.5, 0.6) is 0 Å². The quantitative estimate of drug-likeness (QED) is 0.721. The van der Waals surface area contributed by atoms with Crippen molar-refractivity contribution < 1.29 is 14.7 Å². The fraction of sp³-hybridized carbons (Fsp3) is 0.500. The second-order valence-electron chi connectivity index (χ2n) is 5.18. The van der Waals surface area contributed by atoms with Crippen molar-refractivity contribution in [3.8, 4) is 0 Å². The third-order valence-corrected chi connectivity index (χ3v) is 3.35. The Balaban J connectivity index is 2.83. The van der Waals surface area contributed by atoms with E-state index in [4.69, 9.17) is 5.11 Å². The SMILES string of the molecule is CCCCNC(=O)C(C)N(CC(=O)O)c1ccc(C)cc1. The standard InChI is InChI=1S/C16H24N2O3/c1-4-5-10-17-16(21)13(3)18(11-15(19)20)14-8-6-12(2)7-9-14/h6-9,13H,4-5,10-11H2,1-3H3,(H,17,21)(H,19,20). The summed E-state index contributed by atoms with van der Waals surface area (Å²) in [4.78, 5) is 24.8. The Kier molecular flexibility index (Phi) is 6.72. The molecule has 1 aromatic carbocycles. The highest BCUT2D eigenvalue weighted by molar-refractivity contribution is 5.87. The molecule has 0 bridgehead atoms. The van der Waals surface area contributed by atoms with E-state index in [1.165, 1.54) is 0 Å². The molecule has 21 heavy (non-hydrogen) atoms. The van der Waals surface area contributed by atoms with E-state index in [2.05, 4.69) is 12.2 Å². The van der Waals surface area contributed by atoms with Gasteiger partial charge in [0.25, 0.3) is 0 Å². The van der Waals surface area contributed by atoms with Crippen LogP contribution in [0.3, 0.4) is 0 Å². The van der Waals surface area contributed by atoms with Crippen molar-refractivity contribution in [3.63, 3.8) is 0 Å². The van der Waals surface area contributed by atoms with Crippen LogP contribution in [0, 0.1) is 6.92 Å². The maximum atomic E-state index is 12.1. The molecule has 0 fully saturated rings. The summed E-state index contributed by atoms with van der Waals surface area (Å²) in [6, 6.07) is 6.97. The van der Waals surface area contributed by atoms with Gasteiger partial charge in [-0.2, -0.15) is 0 Å². The third kappa shape index (κ3) is 5.45. The fourth-order valence-corrected chi connectivity index (χ4v) is 2.01. The van der Waals surface area contributed by atoms with Gasteiger partial charge in [-0.3, -0.25) is 9.59 Å². The second-order valence-corrected chi connectivity index (χ2v) is 5.18. The maximum Gasteiger partial charge on any atom is 0.323 e. The van der Waals surface area contributed by atoms with Crippen LogP contribution in [0.2, 0.25) is 0 Å². The number of aryl methyl sites for hydroxylation is 1. The number of unbranched alkanes of at least 4 members (excludes halogenated alkanes) is 1. The minimum Gasteiger partial charge on any atom is -0.480 e. The number of nitrogens with one attached hydrogen (secondary N) is 1. The van der Waals surface area contributed by atoms with Crippen molar-refractivity contribution >= 4 is 17.6 Å². The number of hydrogen-bond donors (Lipinski definition) is 2. The van der Waals surface area contributed by atoms with Gasteiger partial charge < -0.3 is 15.3 Å². The van der Waals surface area contributed by atoms with Gasteiger partial charge in [-0.1, -0.05) is 31.0 Å². The van der Waals surface area contributed by atoms with Crippen molar-refractivity contribution in [1.82, 2.24) is 5.32 Å². The number of hydrogen-bond acceptors (Lipinski definition) is 3. The molecule has 0 saturated heterocycles. The minimum atomic E-state index is -0.955. The summed E-state index contributed by atoms with van der Waals surface area (Å²) in [6.07, 6.45) is 1.92. The zero-order valence-corrected chi connectivity index (χ0v) is 12.9. The molecule has 1 amide bonds. The number of amides is 1. The summed E-state index contributed by atoms with van der Waals surface area (Å²) in [5, 5.41) is 11.9. The topological polar surface area (TPSA) is 69.6 Å². The molecule has 0 saturated carbocycles. The van der Waals surface area contributed by atoms with E-state index in [9.17, 15) is 9.59 Å². The smallest absolute Gasteiger partial charge is 0.323 e. The van der Waals surface area contributed by atoms with Gasteiger partial charge in [0.2, 0.25) is 5.91 Å². The van der Waals surface area contributed by atoms with Crippen molar-refractivity contribution in [2.45, 2.75) is 39.7 Å². The molecule has 2 N–H and O–H groups in total. The highest BCUT2D eigenvalue weighted by Gasteiger charge is 2.23. The summed E-state index contributed by atoms with van der Waals surface area (Å²) < 4.78 is 0. The van der Waals surface area contributed by atoms with Crippen molar-refractivity contribution in [3.05, 3.63) is 29.8 Å². The molecule has 0 heterocycles. The first kappa shape index (κ1) is 17.0. The van der Waals surface area contributed by atoms with Gasteiger partial charge >= 0.3 is 5.97 Å². The third-order valence-electron chi connectivity index (χ3n) is 3.35. The zero-order valence-electron chi connectivity index (χ0n) is 12.9. The molecule has 0 aliphatic rings. The normalized spacial score (nSPS) is 11.8. The van der Waals surface area contributed by atoms with Gasteiger partial charge in [0.05, 0.1) is 0 Å². The van der Waals surface area contributed by atoms with Crippen LogP contribution in [0.4, 0.5) is 5.69 Å². The van der Waals surface area contributed by atoms with Crippen LogP contribution >= 0.6 is 0 Å². The predicted octanol–water partition coefficient (Wildman–Crippen LogP) is 2.19. The molecule has 116 valence electrons. The first-order chi connectivity index (χ1) is 9.95. The molecule has 1 aromatic rings. The number of carboxylic acid groups (broad SMARTS) is 1. The lowest BCUT2D eigenvalue weighted by atomic mass is 10.1. The lowest BCUT2D eigenvalue weighted by molar-refractivity contribution is -0.135. The van der Waals surface area contributed by atoms with E-state index in [1.54, 1.807) is 11.8 Å². The first-order valence-corrected chi connectivity index (χ1v) is 7.28. The summed E-state index contributed by atoms with van der Waals surface area (Å²) in [5.74, 6) is -1.10. The number of anilines is 1. The zero-order chi connectivity index (χ0) is 15.8. The Morgan fingerprint density at radius 1 is 1.29 bits per heavy atom. The van der Waals surface area contributed by atoms with E-state index in [0.717, 1.165) is 24.1 Å². The van der Waals surface area contributed by atoms with E-state index in [0.29, 0.717) is 6.54 Å². The first-order valence-electron chi connectivity index (χ1n) is 7.28. The van der Waals surface area contributed by atoms with Gasteiger partial charge in [-0.25, -0.2) is 0 Å². The molecular formula is C16H24N2O3. The fourth-order valence-electron chi connectivity index (χ4n) is 2.01. The molecular weight excluding hydrogens is 268 g/mol. The Bertz CT molecular complexity index is 471. The largest absolute Gasteiger partial charge is 0.480 e. The Morgan fingerprint density at radius 2 is 1.90 bits per heavy atom. The molecule has 5 heteroatoms. The van der Waals surface area contributed by atoms with Crippen LogP contribution < -0.4 is 10.2 Å². The predicted molar refractivity (Wildman–Crippen MR) is 83.5 cm³/mol. The summed E-state index contributed by atoms with van der Waals surface area (Å²) in [7, 11) is 0. The highest BCUT2D eigenvalue weighted by Crippen LogP contribution is 2.18. The Hall–Kier alpha value is -2.04. The van der Waals surface area contributed by atoms with Crippen molar-refractivity contribution in [2.24, 2.45) is 0 Å². The maximum absolute atomic E-state index is 12.1. The average molecular weight is 292 g/mol. The molecule has 0 spiro atoms. The number of rotatable bonds is 8. The highest BCUT2D eigenvalue weighted by atomic mass is 16.4. The van der Waals surface area contributed by atoms with Crippen LogP contribution in [0.1, 0.15) is 32.3 Å². The minimum absolute atomic E-state index is 0.148. The summed E-state index contributed by atoms with van der Waals surface area (Å²) in [5.41, 5.74) is 1.83. The molecule has 0 aliphatic carbocycles. The summed E-state index contributed by atoms with van der Waals surface area (Å²) in [6.45, 7) is 6.16. The molecule has 0 aliphatic heterocycles. The van der Waals surface area contributed by atoms with Gasteiger partial charge in [0.15, 0.2) is 0 Å². The van der Waals surface area contributed by atoms with E-state index in [-0.39, 0.29) is 12.5 Å². The Labute approximate surface area is 126 Å². The second kappa shape index (κ2) is 8.29. The van der Waals surface area contributed by atoms with Crippen LogP contribution in [-0.2, 0) is 9.59 Å². The molecule has 1 atom stereocenters. The van der Waals surface area contributed by atoms with Crippen LogP contribution in [-0.4, -0.2) is 36.1 Å². The average Bonchev–Trinajstić information content (AvgIpc) is 2.45.